The highest BCUT2D eigenvalue weighted by molar-refractivity contribution is 5.76. The number of hydrogen-bond acceptors (Lipinski definition) is 2. The van der Waals surface area contributed by atoms with Gasteiger partial charge >= 0.3 is 0 Å². The highest BCUT2D eigenvalue weighted by Gasteiger charge is 2.22. The monoisotopic (exact) mass is 280 g/mol. The van der Waals surface area contributed by atoms with E-state index >= 15 is 0 Å². The van der Waals surface area contributed by atoms with Crippen LogP contribution in [0.15, 0.2) is 0 Å². The molecule has 0 aromatic heterocycles. The minimum atomic E-state index is 0.262. The van der Waals surface area contributed by atoms with Gasteiger partial charge in [0.2, 0.25) is 5.91 Å². The number of rotatable bonds is 5. The van der Waals surface area contributed by atoms with E-state index in [1.807, 2.05) is 0 Å². The van der Waals surface area contributed by atoms with E-state index in [1.165, 1.54) is 44.9 Å². The molecule has 2 aliphatic rings. The molecule has 1 unspecified atom stereocenters. The number of amides is 1. The Morgan fingerprint density at radius 3 is 2.40 bits per heavy atom. The molecule has 0 heterocycles. The van der Waals surface area contributed by atoms with Crippen LogP contribution in [0, 0.1) is 11.8 Å². The lowest BCUT2D eigenvalue weighted by Crippen LogP contribution is -2.39. The third-order valence-corrected chi connectivity index (χ3v) is 5.42. The fourth-order valence-electron chi connectivity index (χ4n) is 3.89. The minimum Gasteiger partial charge on any atom is -0.353 e. The van der Waals surface area contributed by atoms with Gasteiger partial charge in [0.1, 0.15) is 0 Å². The first-order chi connectivity index (χ1) is 9.65. The van der Waals surface area contributed by atoms with Crippen LogP contribution in [0.2, 0.25) is 0 Å². The van der Waals surface area contributed by atoms with E-state index in [2.05, 4.69) is 12.2 Å². The molecule has 2 rings (SSSR count). The molecular formula is C17H32N2O. The molecule has 20 heavy (non-hydrogen) atoms. The summed E-state index contributed by atoms with van der Waals surface area (Å²) in [5.74, 6) is 1.70. The second-order valence-corrected chi connectivity index (χ2v) is 7.07. The van der Waals surface area contributed by atoms with Crippen LogP contribution in [0.3, 0.4) is 0 Å². The summed E-state index contributed by atoms with van der Waals surface area (Å²) >= 11 is 0. The number of nitrogens with two attached hydrogens (primary N) is 1. The molecule has 0 bridgehead atoms. The first kappa shape index (κ1) is 15.8. The van der Waals surface area contributed by atoms with E-state index in [0.29, 0.717) is 24.4 Å². The molecule has 0 radical (unpaired) electrons. The van der Waals surface area contributed by atoms with Gasteiger partial charge in [-0.2, -0.15) is 0 Å². The molecule has 116 valence electrons. The van der Waals surface area contributed by atoms with Gasteiger partial charge < -0.3 is 11.1 Å². The second-order valence-electron chi connectivity index (χ2n) is 7.07. The fourth-order valence-corrected chi connectivity index (χ4v) is 3.89. The Morgan fingerprint density at radius 2 is 1.75 bits per heavy atom. The largest absolute Gasteiger partial charge is 0.353 e. The van der Waals surface area contributed by atoms with Gasteiger partial charge in [-0.25, -0.2) is 0 Å². The fraction of sp³-hybridized carbons (Fsp3) is 0.941. The number of nitrogens with one attached hydrogen (secondary N) is 1. The van der Waals surface area contributed by atoms with Gasteiger partial charge in [0, 0.05) is 18.5 Å². The molecule has 3 nitrogen and oxygen atoms in total. The standard InChI is InChI=1S/C17H32N2O/c1-13(15-5-3-2-4-6-15)19-17(20)12-9-14-7-10-16(18)11-8-14/h13-16H,2-12,18H2,1H3,(H,19,20). The molecule has 0 aromatic carbocycles. The lowest BCUT2D eigenvalue weighted by molar-refractivity contribution is -0.122. The second kappa shape index (κ2) is 8.02. The molecule has 2 aliphatic carbocycles. The Morgan fingerprint density at radius 1 is 1.10 bits per heavy atom. The lowest BCUT2D eigenvalue weighted by Gasteiger charge is -2.29. The third-order valence-electron chi connectivity index (χ3n) is 5.42. The SMILES string of the molecule is CC(NC(=O)CCC1CCC(N)CC1)C1CCCCC1. The molecule has 1 atom stereocenters. The predicted molar refractivity (Wildman–Crippen MR) is 83.3 cm³/mol. The van der Waals surface area contributed by atoms with Crippen LogP contribution >= 0.6 is 0 Å². The average molecular weight is 280 g/mol. The summed E-state index contributed by atoms with van der Waals surface area (Å²) in [5, 5.41) is 3.23. The summed E-state index contributed by atoms with van der Waals surface area (Å²) in [4.78, 5) is 12.1. The number of carbonyl (C=O) groups is 1. The summed E-state index contributed by atoms with van der Waals surface area (Å²) < 4.78 is 0. The Kier molecular flexibility index (Phi) is 6.34. The Bertz CT molecular complexity index is 291. The molecule has 1 amide bonds. The summed E-state index contributed by atoms with van der Waals surface area (Å²) in [7, 11) is 0. The molecule has 0 spiro atoms. The molecule has 0 aromatic rings. The van der Waals surface area contributed by atoms with Crippen molar-refractivity contribution >= 4 is 5.91 Å². The first-order valence-corrected chi connectivity index (χ1v) is 8.70. The molecule has 3 heteroatoms. The van der Waals surface area contributed by atoms with Crippen molar-refractivity contribution in [3.63, 3.8) is 0 Å². The normalized spacial score (nSPS) is 29.9. The molecule has 0 saturated heterocycles. The van der Waals surface area contributed by atoms with Crippen molar-refractivity contribution in [1.82, 2.24) is 5.32 Å². The zero-order valence-corrected chi connectivity index (χ0v) is 13.1. The maximum atomic E-state index is 12.1. The van der Waals surface area contributed by atoms with Gasteiger partial charge in [0.25, 0.3) is 0 Å². The highest BCUT2D eigenvalue weighted by Crippen LogP contribution is 2.28. The van der Waals surface area contributed by atoms with Crippen molar-refractivity contribution in [3.05, 3.63) is 0 Å². The Labute approximate surface area is 124 Å². The third kappa shape index (κ3) is 5.08. The van der Waals surface area contributed by atoms with Crippen LogP contribution < -0.4 is 11.1 Å². The summed E-state index contributed by atoms with van der Waals surface area (Å²) in [6.07, 6.45) is 13.1. The Hall–Kier alpha value is -0.570. The van der Waals surface area contributed by atoms with Gasteiger partial charge in [0.05, 0.1) is 0 Å². The highest BCUT2D eigenvalue weighted by atomic mass is 16.1. The molecule has 2 saturated carbocycles. The first-order valence-electron chi connectivity index (χ1n) is 8.70. The van der Waals surface area contributed by atoms with E-state index in [4.69, 9.17) is 5.73 Å². The van der Waals surface area contributed by atoms with Crippen LogP contribution in [-0.4, -0.2) is 18.0 Å². The zero-order chi connectivity index (χ0) is 14.4. The van der Waals surface area contributed by atoms with Crippen molar-refractivity contribution in [2.75, 3.05) is 0 Å². The van der Waals surface area contributed by atoms with E-state index in [0.717, 1.165) is 25.2 Å². The van der Waals surface area contributed by atoms with Gasteiger partial charge in [-0.1, -0.05) is 19.3 Å². The van der Waals surface area contributed by atoms with Crippen LogP contribution in [0.25, 0.3) is 0 Å². The number of carbonyl (C=O) groups excluding carboxylic acids is 1. The van der Waals surface area contributed by atoms with Crippen LogP contribution in [0.1, 0.15) is 77.6 Å². The van der Waals surface area contributed by atoms with E-state index < -0.39 is 0 Å². The van der Waals surface area contributed by atoms with Gasteiger partial charge in [-0.15, -0.1) is 0 Å². The minimum absolute atomic E-state index is 0.262. The van der Waals surface area contributed by atoms with Gasteiger partial charge in [-0.3, -0.25) is 4.79 Å². The number of hydrogen-bond donors (Lipinski definition) is 2. The van der Waals surface area contributed by atoms with E-state index in [9.17, 15) is 4.79 Å². The van der Waals surface area contributed by atoms with Crippen molar-refractivity contribution in [2.24, 2.45) is 17.6 Å². The average Bonchev–Trinajstić information content (AvgIpc) is 2.47. The zero-order valence-electron chi connectivity index (χ0n) is 13.1. The van der Waals surface area contributed by atoms with E-state index in [1.54, 1.807) is 0 Å². The van der Waals surface area contributed by atoms with Crippen molar-refractivity contribution in [1.29, 1.82) is 0 Å². The molecule has 0 aliphatic heterocycles. The van der Waals surface area contributed by atoms with Gasteiger partial charge in [-0.05, 0) is 63.7 Å². The lowest BCUT2D eigenvalue weighted by atomic mass is 9.83. The van der Waals surface area contributed by atoms with Crippen molar-refractivity contribution < 1.29 is 4.79 Å². The van der Waals surface area contributed by atoms with E-state index in [-0.39, 0.29) is 5.91 Å². The molecule has 2 fully saturated rings. The summed E-state index contributed by atoms with van der Waals surface area (Å²) in [6.45, 7) is 2.19. The smallest absolute Gasteiger partial charge is 0.220 e. The summed E-state index contributed by atoms with van der Waals surface area (Å²) in [5.41, 5.74) is 5.92. The maximum Gasteiger partial charge on any atom is 0.220 e. The van der Waals surface area contributed by atoms with Crippen LogP contribution in [0.5, 0.6) is 0 Å². The Balaban J connectivity index is 1.62. The van der Waals surface area contributed by atoms with Crippen molar-refractivity contribution in [3.8, 4) is 0 Å². The van der Waals surface area contributed by atoms with Gasteiger partial charge in [0.15, 0.2) is 0 Å². The van der Waals surface area contributed by atoms with Crippen molar-refractivity contribution in [2.45, 2.75) is 89.6 Å². The maximum absolute atomic E-state index is 12.1. The molecule has 3 N–H and O–H groups in total. The summed E-state index contributed by atoms with van der Waals surface area (Å²) in [6, 6.07) is 0.772. The quantitative estimate of drug-likeness (QED) is 0.811. The molecular weight excluding hydrogens is 248 g/mol. The topological polar surface area (TPSA) is 55.1 Å². The predicted octanol–water partition coefficient (Wildman–Crippen LogP) is 3.37. The van der Waals surface area contributed by atoms with Crippen LogP contribution in [-0.2, 0) is 4.79 Å². The van der Waals surface area contributed by atoms with Crippen LogP contribution in [0.4, 0.5) is 0 Å².